The fourth-order valence-electron chi connectivity index (χ4n) is 8.73. The zero-order valence-corrected chi connectivity index (χ0v) is 32.0. The van der Waals surface area contributed by atoms with E-state index in [0.29, 0.717) is 0 Å². The van der Waals surface area contributed by atoms with Crippen molar-refractivity contribution >= 4 is 92.4 Å². The highest BCUT2D eigenvalue weighted by molar-refractivity contribution is 7.25. The summed E-state index contributed by atoms with van der Waals surface area (Å²) in [6, 6.07) is 71.3. The minimum absolute atomic E-state index is 0.855. The second-order valence-electron chi connectivity index (χ2n) is 14.8. The Balaban J connectivity index is 1.01. The molecule has 0 spiro atoms. The van der Waals surface area contributed by atoms with Crippen molar-refractivity contribution in [2.24, 2.45) is 0 Å². The van der Waals surface area contributed by atoms with E-state index in [1.165, 1.54) is 20.2 Å². The van der Waals surface area contributed by atoms with Gasteiger partial charge in [-0.1, -0.05) is 152 Å². The Kier molecular flexibility index (Phi) is 7.40. The highest BCUT2D eigenvalue weighted by Crippen LogP contribution is 2.46. The summed E-state index contributed by atoms with van der Waals surface area (Å²) < 4.78 is 16.0. The SMILES string of the molecule is c1ccc(-c2cccc3c2oc2ccc(-c4ccc(N(c5ccc6c(c5)sc5ccccc56)c5cccc6c5oc5c(-c7ccccc7)cccc56)cc4)cc23)cc1. The lowest BCUT2D eigenvalue weighted by molar-refractivity contribution is 0.670. The molecule has 0 N–H and O–H groups in total. The number of anilines is 3. The van der Waals surface area contributed by atoms with Crippen molar-refractivity contribution in [2.45, 2.75) is 0 Å². The van der Waals surface area contributed by atoms with Crippen molar-refractivity contribution < 1.29 is 8.83 Å². The summed E-state index contributed by atoms with van der Waals surface area (Å²) in [7, 11) is 0. The number of hydrogen-bond acceptors (Lipinski definition) is 4. The van der Waals surface area contributed by atoms with Crippen LogP contribution in [0.1, 0.15) is 0 Å². The molecule has 9 aromatic carbocycles. The van der Waals surface area contributed by atoms with Crippen molar-refractivity contribution in [3.8, 4) is 33.4 Å². The highest BCUT2D eigenvalue weighted by Gasteiger charge is 2.22. The number of para-hydroxylation sites is 3. The number of nitrogens with zero attached hydrogens (tertiary/aromatic N) is 1. The molecule has 12 aromatic rings. The Morgan fingerprint density at radius 3 is 1.64 bits per heavy atom. The lowest BCUT2D eigenvalue weighted by atomic mass is 10.00. The van der Waals surface area contributed by atoms with Crippen LogP contribution in [0.5, 0.6) is 0 Å². The van der Waals surface area contributed by atoms with Gasteiger partial charge >= 0.3 is 0 Å². The predicted molar refractivity (Wildman–Crippen MR) is 245 cm³/mol. The average Bonchev–Trinajstić information content (AvgIpc) is 3.99. The summed E-state index contributed by atoms with van der Waals surface area (Å²) in [5, 5.41) is 6.98. The van der Waals surface area contributed by atoms with Gasteiger partial charge in [-0.05, 0) is 70.8 Å². The zero-order valence-electron chi connectivity index (χ0n) is 31.2. The molecule has 12 rings (SSSR count). The van der Waals surface area contributed by atoms with Gasteiger partial charge in [0.15, 0.2) is 5.58 Å². The lowest BCUT2D eigenvalue weighted by Gasteiger charge is -2.26. The van der Waals surface area contributed by atoms with E-state index in [4.69, 9.17) is 8.83 Å². The molecular weight excluding hydrogens is 727 g/mol. The summed E-state index contributed by atoms with van der Waals surface area (Å²) in [5.74, 6) is 0. The maximum atomic E-state index is 6.98. The van der Waals surface area contributed by atoms with Crippen molar-refractivity contribution in [2.75, 3.05) is 4.90 Å². The Morgan fingerprint density at radius 1 is 0.328 bits per heavy atom. The third-order valence-corrected chi connectivity index (χ3v) is 12.6. The Labute approximate surface area is 338 Å². The van der Waals surface area contributed by atoms with E-state index in [1.807, 2.05) is 17.4 Å². The topological polar surface area (TPSA) is 29.5 Å². The number of benzene rings is 9. The third-order valence-electron chi connectivity index (χ3n) is 11.5. The van der Waals surface area contributed by atoms with E-state index in [1.54, 1.807) is 0 Å². The molecule has 0 aliphatic heterocycles. The van der Waals surface area contributed by atoms with Crippen LogP contribution in [0, 0.1) is 0 Å². The van der Waals surface area contributed by atoms with Gasteiger partial charge in [0, 0.05) is 64.2 Å². The molecule has 0 aliphatic rings. The summed E-state index contributed by atoms with van der Waals surface area (Å²) in [4.78, 5) is 2.35. The molecule has 0 fully saturated rings. The number of thiophene rings is 1. The van der Waals surface area contributed by atoms with Crippen molar-refractivity contribution in [3.63, 3.8) is 0 Å². The molecule has 0 amide bonds. The Morgan fingerprint density at radius 2 is 0.897 bits per heavy atom. The number of rotatable bonds is 6. The second-order valence-corrected chi connectivity index (χ2v) is 15.9. The maximum absolute atomic E-state index is 6.98. The van der Waals surface area contributed by atoms with Crippen LogP contribution < -0.4 is 4.90 Å². The third kappa shape index (κ3) is 5.19. The molecule has 58 heavy (non-hydrogen) atoms. The molecule has 0 atom stereocenters. The van der Waals surface area contributed by atoms with E-state index < -0.39 is 0 Å². The van der Waals surface area contributed by atoms with Crippen molar-refractivity contribution in [1.29, 1.82) is 0 Å². The maximum Gasteiger partial charge on any atom is 0.159 e. The molecule has 3 aromatic heterocycles. The molecule has 0 bridgehead atoms. The fourth-order valence-corrected chi connectivity index (χ4v) is 9.87. The van der Waals surface area contributed by atoms with Gasteiger partial charge in [-0.25, -0.2) is 0 Å². The summed E-state index contributed by atoms with van der Waals surface area (Å²) >= 11 is 1.83. The quantitative estimate of drug-likeness (QED) is 0.169. The molecule has 0 saturated carbocycles. The number of fused-ring (bicyclic) bond motifs is 9. The molecule has 0 radical (unpaired) electrons. The van der Waals surface area contributed by atoms with Gasteiger partial charge in [-0.2, -0.15) is 0 Å². The van der Waals surface area contributed by atoms with E-state index in [9.17, 15) is 0 Å². The Bertz CT molecular complexity index is 3500. The molecule has 0 aliphatic carbocycles. The van der Waals surface area contributed by atoms with Gasteiger partial charge < -0.3 is 13.7 Å². The summed E-state index contributed by atoms with van der Waals surface area (Å²) in [6.07, 6.45) is 0. The molecular formula is C54H33NO2S. The van der Waals surface area contributed by atoms with Gasteiger partial charge in [0.1, 0.15) is 16.7 Å². The smallest absolute Gasteiger partial charge is 0.159 e. The molecule has 272 valence electrons. The molecule has 3 heterocycles. The zero-order chi connectivity index (χ0) is 38.2. The van der Waals surface area contributed by atoms with Gasteiger partial charge in [-0.15, -0.1) is 11.3 Å². The fraction of sp³-hybridized carbons (Fsp3) is 0. The van der Waals surface area contributed by atoms with Crippen LogP contribution in [-0.4, -0.2) is 0 Å². The standard InChI is InChI=1S/C54H33NO2S/c1-3-12-35(13-4-1)40-17-10-20-46-47-32-37(26-31-49(47)56-52(40)46)34-24-27-38(28-25-34)55(39-29-30-43-42-16-7-8-23-50(42)58-51(43)33-39)48-22-11-21-45-44-19-9-18-41(53(44)57-54(45)48)36-14-5-2-6-15-36/h1-33H. The van der Waals surface area contributed by atoms with E-state index >= 15 is 0 Å². The molecule has 0 unspecified atom stereocenters. The molecule has 4 heteroatoms. The summed E-state index contributed by atoms with van der Waals surface area (Å²) in [6.45, 7) is 0. The first-order valence-corrected chi connectivity index (χ1v) is 20.4. The van der Waals surface area contributed by atoms with Crippen LogP contribution >= 0.6 is 11.3 Å². The monoisotopic (exact) mass is 759 g/mol. The minimum atomic E-state index is 0.855. The van der Waals surface area contributed by atoms with Crippen LogP contribution in [0.4, 0.5) is 17.1 Å². The minimum Gasteiger partial charge on any atom is -0.455 e. The van der Waals surface area contributed by atoms with E-state index in [0.717, 1.165) is 94.3 Å². The van der Waals surface area contributed by atoms with Crippen LogP contribution in [0.3, 0.4) is 0 Å². The molecule has 3 nitrogen and oxygen atoms in total. The normalized spacial score (nSPS) is 11.8. The van der Waals surface area contributed by atoms with Gasteiger partial charge in [0.25, 0.3) is 0 Å². The molecule has 0 saturated heterocycles. The van der Waals surface area contributed by atoms with Crippen LogP contribution in [0.15, 0.2) is 209 Å². The number of furan rings is 2. The summed E-state index contributed by atoms with van der Waals surface area (Å²) in [5.41, 5.74) is 13.4. The van der Waals surface area contributed by atoms with Gasteiger partial charge in [0.05, 0.1) is 5.69 Å². The number of hydrogen-bond donors (Lipinski definition) is 0. The lowest BCUT2D eigenvalue weighted by Crippen LogP contribution is -2.10. The first-order chi connectivity index (χ1) is 28.7. The predicted octanol–water partition coefficient (Wildman–Crippen LogP) is 16.3. The van der Waals surface area contributed by atoms with Crippen molar-refractivity contribution in [1.82, 2.24) is 0 Å². The van der Waals surface area contributed by atoms with Gasteiger partial charge in [0.2, 0.25) is 0 Å². The first kappa shape index (κ1) is 32.8. The van der Waals surface area contributed by atoms with Crippen LogP contribution in [0.2, 0.25) is 0 Å². The second kappa shape index (κ2) is 13.1. The van der Waals surface area contributed by atoms with Crippen LogP contribution in [-0.2, 0) is 0 Å². The van der Waals surface area contributed by atoms with Gasteiger partial charge in [-0.3, -0.25) is 0 Å². The van der Waals surface area contributed by atoms with Crippen LogP contribution in [0.25, 0.3) is 97.4 Å². The van der Waals surface area contributed by atoms with E-state index in [-0.39, 0.29) is 0 Å². The highest BCUT2D eigenvalue weighted by atomic mass is 32.1. The average molecular weight is 760 g/mol. The first-order valence-electron chi connectivity index (χ1n) is 19.6. The Hall–Kier alpha value is -7.40. The van der Waals surface area contributed by atoms with Crippen molar-refractivity contribution in [3.05, 3.63) is 200 Å². The van der Waals surface area contributed by atoms with E-state index in [2.05, 4.69) is 199 Å². The largest absolute Gasteiger partial charge is 0.455 e.